The Morgan fingerprint density at radius 1 is 1.26 bits per heavy atom. The zero-order chi connectivity index (χ0) is 16.4. The fourth-order valence-corrected chi connectivity index (χ4v) is 2.47. The highest BCUT2D eigenvalue weighted by Crippen LogP contribution is 2.23. The van der Waals surface area contributed by atoms with Crippen molar-refractivity contribution in [1.29, 1.82) is 0 Å². The number of hydrogen-bond donors (Lipinski definition) is 2. The second kappa shape index (κ2) is 5.92. The Morgan fingerprint density at radius 2 is 2.00 bits per heavy atom. The van der Waals surface area contributed by atoms with Gasteiger partial charge in [-0.3, -0.25) is 9.59 Å². The Hall–Kier alpha value is -3.15. The van der Waals surface area contributed by atoms with Crippen LogP contribution in [0.3, 0.4) is 0 Å². The van der Waals surface area contributed by atoms with Gasteiger partial charge in [-0.2, -0.15) is 0 Å². The fourth-order valence-electron chi connectivity index (χ4n) is 2.47. The fraction of sp³-hybridized carbons (Fsp3) is 0.118. The van der Waals surface area contributed by atoms with Crippen molar-refractivity contribution in [2.75, 3.05) is 5.32 Å². The molecule has 1 aromatic carbocycles. The molecule has 23 heavy (non-hydrogen) atoms. The number of aryl methyl sites for hydroxylation is 1. The molecule has 0 saturated carbocycles. The maximum absolute atomic E-state index is 12.2. The Kier molecular flexibility index (Phi) is 3.80. The summed E-state index contributed by atoms with van der Waals surface area (Å²) in [6, 6.07) is 10.6. The van der Waals surface area contributed by atoms with Crippen LogP contribution in [0.2, 0.25) is 0 Å². The zero-order valence-electron chi connectivity index (χ0n) is 12.6. The average Bonchev–Trinajstić information content (AvgIpc) is 2.94. The molecule has 2 aromatic heterocycles. The maximum Gasteiger partial charge on any atom is 0.255 e. The van der Waals surface area contributed by atoms with Gasteiger partial charge in [0.25, 0.3) is 11.8 Å². The van der Waals surface area contributed by atoms with E-state index in [0.29, 0.717) is 34.4 Å². The van der Waals surface area contributed by atoms with E-state index in [1.54, 1.807) is 42.7 Å². The van der Waals surface area contributed by atoms with Gasteiger partial charge in [-0.05, 0) is 25.1 Å². The van der Waals surface area contributed by atoms with E-state index >= 15 is 0 Å². The first-order valence-corrected chi connectivity index (χ1v) is 7.25. The summed E-state index contributed by atoms with van der Waals surface area (Å²) in [7, 11) is 0. The third-order valence-electron chi connectivity index (χ3n) is 3.61. The Morgan fingerprint density at radius 3 is 2.65 bits per heavy atom. The first kappa shape index (κ1) is 14.8. The summed E-state index contributed by atoms with van der Waals surface area (Å²) in [6.45, 7) is 2.63. The number of benzene rings is 1. The third-order valence-corrected chi connectivity index (χ3v) is 3.61. The monoisotopic (exact) mass is 308 g/mol. The number of carbonyl (C=O) groups excluding carboxylic acids is 2. The first-order chi connectivity index (χ1) is 11.1. The second-order valence-electron chi connectivity index (χ2n) is 5.11. The number of anilines is 1. The van der Waals surface area contributed by atoms with E-state index < -0.39 is 5.91 Å². The molecule has 0 aliphatic heterocycles. The summed E-state index contributed by atoms with van der Waals surface area (Å²) in [5.74, 6) is -0.752. The van der Waals surface area contributed by atoms with E-state index in [1.807, 2.05) is 17.6 Å². The van der Waals surface area contributed by atoms with Crippen LogP contribution in [0.4, 0.5) is 5.69 Å². The second-order valence-corrected chi connectivity index (χ2v) is 5.11. The summed E-state index contributed by atoms with van der Waals surface area (Å²) in [5.41, 5.74) is 7.55. The van der Waals surface area contributed by atoms with E-state index in [0.717, 1.165) is 0 Å². The normalized spacial score (nSPS) is 10.7. The summed E-state index contributed by atoms with van der Waals surface area (Å²) in [6.07, 6.45) is 3.25. The molecule has 6 heteroatoms. The van der Waals surface area contributed by atoms with Crippen molar-refractivity contribution >= 4 is 28.5 Å². The summed E-state index contributed by atoms with van der Waals surface area (Å²) >= 11 is 0. The number of pyridine rings is 1. The topological polar surface area (TPSA) is 90.0 Å². The van der Waals surface area contributed by atoms with Crippen molar-refractivity contribution in [3.8, 4) is 0 Å². The number of carbonyl (C=O) groups is 2. The van der Waals surface area contributed by atoms with Crippen LogP contribution in [0.25, 0.3) is 11.0 Å². The molecular formula is C17H16N4O2. The Labute approximate surface area is 132 Å². The molecule has 0 aliphatic carbocycles. The molecule has 0 radical (unpaired) electrons. The van der Waals surface area contributed by atoms with Crippen LogP contribution in [0.5, 0.6) is 0 Å². The van der Waals surface area contributed by atoms with Crippen LogP contribution >= 0.6 is 0 Å². The molecule has 2 heterocycles. The molecule has 116 valence electrons. The lowest BCUT2D eigenvalue weighted by atomic mass is 10.2. The van der Waals surface area contributed by atoms with Gasteiger partial charge in [0.1, 0.15) is 5.65 Å². The van der Waals surface area contributed by atoms with Crippen molar-refractivity contribution in [3.63, 3.8) is 0 Å². The van der Waals surface area contributed by atoms with E-state index in [9.17, 15) is 9.59 Å². The minimum Gasteiger partial charge on any atom is -0.366 e. The predicted molar refractivity (Wildman–Crippen MR) is 88.3 cm³/mol. The van der Waals surface area contributed by atoms with E-state index in [-0.39, 0.29) is 5.91 Å². The number of nitrogens with two attached hydrogens (primary N) is 1. The molecule has 0 fully saturated rings. The van der Waals surface area contributed by atoms with Crippen molar-refractivity contribution in [1.82, 2.24) is 9.55 Å². The molecule has 0 saturated heterocycles. The number of amides is 2. The van der Waals surface area contributed by atoms with Crippen molar-refractivity contribution in [2.24, 2.45) is 5.73 Å². The lowest BCUT2D eigenvalue weighted by Crippen LogP contribution is -2.12. The highest BCUT2D eigenvalue weighted by molar-refractivity contribution is 6.08. The van der Waals surface area contributed by atoms with E-state index in [4.69, 9.17) is 5.73 Å². The van der Waals surface area contributed by atoms with Crippen LogP contribution in [0.15, 0.2) is 48.8 Å². The number of nitrogens with zero attached hydrogens (tertiary/aromatic N) is 2. The number of hydrogen-bond acceptors (Lipinski definition) is 3. The van der Waals surface area contributed by atoms with Gasteiger partial charge in [0, 0.05) is 23.7 Å². The summed E-state index contributed by atoms with van der Waals surface area (Å²) in [4.78, 5) is 28.1. The van der Waals surface area contributed by atoms with Gasteiger partial charge in [-0.1, -0.05) is 18.2 Å². The minimum absolute atomic E-state index is 0.234. The standard InChI is InChI=1S/C17H16N4O2/c1-2-21-10-14(15(18)22)13-8-12(9-19-16(13)21)20-17(23)11-6-4-3-5-7-11/h3-10H,2H2,1H3,(H2,18,22)(H,20,23). The van der Waals surface area contributed by atoms with Crippen molar-refractivity contribution in [2.45, 2.75) is 13.5 Å². The van der Waals surface area contributed by atoms with Crippen LogP contribution in [-0.2, 0) is 6.54 Å². The van der Waals surface area contributed by atoms with Gasteiger partial charge >= 0.3 is 0 Å². The van der Waals surface area contributed by atoms with Crippen LogP contribution in [0.1, 0.15) is 27.6 Å². The SMILES string of the molecule is CCn1cc(C(N)=O)c2cc(NC(=O)c3ccccc3)cnc21. The number of fused-ring (bicyclic) bond motifs is 1. The summed E-state index contributed by atoms with van der Waals surface area (Å²) in [5, 5.41) is 3.41. The molecule has 0 unspecified atom stereocenters. The van der Waals surface area contributed by atoms with Crippen LogP contribution in [-0.4, -0.2) is 21.4 Å². The lowest BCUT2D eigenvalue weighted by Gasteiger charge is -2.06. The molecule has 6 nitrogen and oxygen atoms in total. The van der Waals surface area contributed by atoms with Gasteiger partial charge in [0.05, 0.1) is 17.4 Å². The number of nitrogens with one attached hydrogen (secondary N) is 1. The number of rotatable bonds is 4. The van der Waals surface area contributed by atoms with Crippen LogP contribution < -0.4 is 11.1 Å². The van der Waals surface area contributed by atoms with Gasteiger partial charge in [0.15, 0.2) is 0 Å². The molecule has 3 aromatic rings. The van der Waals surface area contributed by atoms with Crippen molar-refractivity contribution < 1.29 is 9.59 Å². The Balaban J connectivity index is 1.98. The van der Waals surface area contributed by atoms with Gasteiger partial charge in [0.2, 0.25) is 0 Å². The first-order valence-electron chi connectivity index (χ1n) is 7.25. The van der Waals surface area contributed by atoms with Gasteiger partial charge < -0.3 is 15.6 Å². The Bertz CT molecular complexity index is 884. The molecule has 0 atom stereocenters. The van der Waals surface area contributed by atoms with E-state index in [1.165, 1.54) is 0 Å². The predicted octanol–water partition coefficient (Wildman–Crippen LogP) is 2.41. The quantitative estimate of drug-likeness (QED) is 0.775. The minimum atomic E-state index is -0.518. The molecule has 3 rings (SSSR count). The third kappa shape index (κ3) is 2.78. The van der Waals surface area contributed by atoms with E-state index in [2.05, 4.69) is 10.3 Å². The number of primary amides is 1. The van der Waals surface area contributed by atoms with Crippen molar-refractivity contribution in [3.05, 3.63) is 59.9 Å². The lowest BCUT2D eigenvalue weighted by molar-refractivity contribution is 0.0999. The van der Waals surface area contributed by atoms with Gasteiger partial charge in [-0.25, -0.2) is 4.98 Å². The zero-order valence-corrected chi connectivity index (χ0v) is 12.6. The molecule has 3 N–H and O–H groups in total. The highest BCUT2D eigenvalue weighted by atomic mass is 16.2. The average molecular weight is 308 g/mol. The largest absolute Gasteiger partial charge is 0.366 e. The molecule has 0 bridgehead atoms. The van der Waals surface area contributed by atoms with Crippen LogP contribution in [0, 0.1) is 0 Å². The van der Waals surface area contributed by atoms with Gasteiger partial charge in [-0.15, -0.1) is 0 Å². The maximum atomic E-state index is 12.2. The molecule has 0 spiro atoms. The summed E-state index contributed by atoms with van der Waals surface area (Å²) < 4.78 is 1.85. The molecule has 2 amide bonds. The highest BCUT2D eigenvalue weighted by Gasteiger charge is 2.14. The molecule has 0 aliphatic rings. The smallest absolute Gasteiger partial charge is 0.255 e. The number of aromatic nitrogens is 2. The molecular weight excluding hydrogens is 292 g/mol.